The molecule has 6 rings (SSSR count). The SMILES string of the molecule is CC[C@@H](OC(C)=O)[C@@H](OC(C)=O)C1O[C@@](O[C@@H]2C(OC(=O)c3ccccc3)C(OC(=Nc3ccccc3)C(F)(F)F)OC(COC(=O)c3ccccc3)[C@H]2OC(=O)c2ccccc2)(C(=O)OC)C[C@@H](OC(C)=O)[C@H]1C. The van der Waals surface area contributed by atoms with Crippen molar-refractivity contribution in [2.45, 2.75) is 115 Å². The second-order valence-corrected chi connectivity index (χ2v) is 17.1. The smallest absolute Gasteiger partial charge is 0.465 e. The molecule has 0 amide bonds. The van der Waals surface area contributed by atoms with Gasteiger partial charge in [0.25, 0.3) is 11.7 Å². The topological polar surface area (TPSA) is 233 Å². The zero-order valence-electron chi connectivity index (χ0n) is 41.4. The Morgan fingerprint density at radius 1 is 0.667 bits per heavy atom. The van der Waals surface area contributed by atoms with Gasteiger partial charge in [-0.2, -0.15) is 13.2 Å². The second kappa shape index (κ2) is 25.5. The average molecular weight is 1050 g/mol. The summed E-state index contributed by atoms with van der Waals surface area (Å²) < 4.78 is 111. The van der Waals surface area contributed by atoms with Crippen LogP contribution in [0.4, 0.5) is 18.9 Å². The number of esters is 7. The predicted molar refractivity (Wildman–Crippen MR) is 253 cm³/mol. The molecule has 2 aliphatic heterocycles. The summed E-state index contributed by atoms with van der Waals surface area (Å²) in [5, 5.41) is 0. The van der Waals surface area contributed by atoms with Crippen LogP contribution < -0.4 is 0 Å². The molecule has 2 saturated heterocycles. The fourth-order valence-corrected chi connectivity index (χ4v) is 8.28. The molecule has 0 aromatic heterocycles. The number of alkyl halides is 3. The minimum absolute atomic E-state index is 0.00848. The summed E-state index contributed by atoms with van der Waals surface area (Å²) >= 11 is 0. The molecule has 0 bridgehead atoms. The molecule has 19 nitrogen and oxygen atoms in total. The summed E-state index contributed by atoms with van der Waals surface area (Å²) in [6.45, 7) is 5.27. The van der Waals surface area contributed by atoms with Crippen LogP contribution in [-0.2, 0) is 71.3 Å². The fourth-order valence-electron chi connectivity index (χ4n) is 8.28. The lowest BCUT2D eigenvalue weighted by atomic mass is 9.83. The van der Waals surface area contributed by atoms with Crippen LogP contribution in [0.1, 0.15) is 78.5 Å². The van der Waals surface area contributed by atoms with E-state index in [1.165, 1.54) is 110 Å². The first-order chi connectivity index (χ1) is 35.7. The Bertz CT molecular complexity index is 2640. The van der Waals surface area contributed by atoms with Crippen LogP contribution in [-0.4, -0.2) is 128 Å². The lowest BCUT2D eigenvalue weighted by Crippen LogP contribution is -2.69. The van der Waals surface area contributed by atoms with Crippen LogP contribution in [0.25, 0.3) is 0 Å². The maximum atomic E-state index is 15.3. The van der Waals surface area contributed by atoms with Crippen molar-refractivity contribution < 1.29 is 98.8 Å². The van der Waals surface area contributed by atoms with E-state index in [-0.39, 0.29) is 28.8 Å². The molecule has 0 radical (unpaired) electrons. The van der Waals surface area contributed by atoms with Crippen molar-refractivity contribution in [2.24, 2.45) is 10.9 Å². The highest BCUT2D eigenvalue weighted by atomic mass is 19.4. The summed E-state index contributed by atoms with van der Waals surface area (Å²) in [5.74, 6) is -13.5. The van der Waals surface area contributed by atoms with Gasteiger partial charge in [0.15, 0.2) is 18.3 Å². The van der Waals surface area contributed by atoms with Gasteiger partial charge < -0.3 is 52.1 Å². The summed E-state index contributed by atoms with van der Waals surface area (Å²) in [5.41, 5.74) is -0.536. The second-order valence-electron chi connectivity index (χ2n) is 17.1. The van der Waals surface area contributed by atoms with Gasteiger partial charge >= 0.3 is 48.0 Å². The molecule has 0 saturated carbocycles. The van der Waals surface area contributed by atoms with E-state index in [0.29, 0.717) is 0 Å². The van der Waals surface area contributed by atoms with Crippen molar-refractivity contribution in [3.05, 3.63) is 138 Å². The molecule has 0 spiro atoms. The van der Waals surface area contributed by atoms with Crippen LogP contribution in [0.15, 0.2) is 126 Å². The first kappa shape index (κ1) is 56.6. The third-order valence-electron chi connectivity index (χ3n) is 11.7. The van der Waals surface area contributed by atoms with Gasteiger partial charge in [0.05, 0.1) is 35.9 Å². The van der Waals surface area contributed by atoms with Crippen molar-refractivity contribution in [2.75, 3.05) is 13.7 Å². The standard InChI is InChI=1S/C53H54F3NO18/c1-7-38(67-31(3)58)42(69-33(5)60)41-30(2)39(68-32(4)59)28-52(74-41,51(64)65-6)75-44-43(71-47(62)35-22-14-9-15-23-35)40(29-66-46(61)34-20-12-8-13-21-34)70-49(45(44)72-48(63)36-24-16-10-17-25-36)73-50(53(54,55)56)57-37-26-18-11-19-27-37/h8-27,30,38-45,49H,7,28-29H2,1-6H3/t30-,38-,39-,40?,41?,42-,43-,44+,45?,49?,52+/m1/s1. The summed E-state index contributed by atoms with van der Waals surface area (Å²) in [6.07, 6.45) is -23.6. The van der Waals surface area contributed by atoms with Crippen molar-refractivity contribution in [1.82, 2.24) is 0 Å². The Labute approximate surface area is 428 Å². The Morgan fingerprint density at radius 3 is 1.65 bits per heavy atom. The minimum Gasteiger partial charge on any atom is -0.465 e. The van der Waals surface area contributed by atoms with E-state index in [0.717, 1.165) is 27.9 Å². The maximum absolute atomic E-state index is 15.3. The van der Waals surface area contributed by atoms with Crippen molar-refractivity contribution in [3.8, 4) is 0 Å². The number of para-hydroxylation sites is 1. The molecule has 2 fully saturated rings. The first-order valence-electron chi connectivity index (χ1n) is 23.5. The normalized spacial score (nSPS) is 24.5. The number of aliphatic imine (C=N–C) groups is 1. The zero-order chi connectivity index (χ0) is 54.5. The number of carbonyl (C=O) groups excluding carboxylic acids is 7. The molecule has 4 aromatic rings. The van der Waals surface area contributed by atoms with Crippen molar-refractivity contribution >= 4 is 53.4 Å². The summed E-state index contributed by atoms with van der Waals surface area (Å²) in [4.78, 5) is 98.8. The average Bonchev–Trinajstić information content (AvgIpc) is 3.39. The van der Waals surface area contributed by atoms with E-state index in [2.05, 4.69) is 4.99 Å². The third-order valence-corrected chi connectivity index (χ3v) is 11.7. The van der Waals surface area contributed by atoms with Gasteiger partial charge in [-0.3, -0.25) is 14.4 Å². The Morgan fingerprint density at radius 2 is 1.17 bits per heavy atom. The van der Waals surface area contributed by atoms with E-state index in [1.807, 2.05) is 0 Å². The number of ether oxygens (including phenoxy) is 11. The maximum Gasteiger partial charge on any atom is 0.468 e. The van der Waals surface area contributed by atoms with Gasteiger partial charge in [0, 0.05) is 26.7 Å². The van der Waals surface area contributed by atoms with E-state index in [4.69, 9.17) is 52.1 Å². The fraction of sp³-hybridized carbons (Fsp3) is 0.396. The summed E-state index contributed by atoms with van der Waals surface area (Å²) in [6, 6.07) is 28.5. The highest BCUT2D eigenvalue weighted by Gasteiger charge is 2.63. The van der Waals surface area contributed by atoms with Crippen LogP contribution >= 0.6 is 0 Å². The third kappa shape index (κ3) is 14.8. The largest absolute Gasteiger partial charge is 0.468 e. The molecule has 75 heavy (non-hydrogen) atoms. The van der Waals surface area contributed by atoms with E-state index >= 15 is 13.2 Å². The van der Waals surface area contributed by atoms with Gasteiger partial charge in [-0.05, 0) is 55.0 Å². The predicted octanol–water partition coefficient (Wildman–Crippen LogP) is 7.21. The summed E-state index contributed by atoms with van der Waals surface area (Å²) in [7, 11) is 0.902. The van der Waals surface area contributed by atoms with Gasteiger partial charge in [-0.25, -0.2) is 24.2 Å². The van der Waals surface area contributed by atoms with Crippen LogP contribution in [0.5, 0.6) is 0 Å². The van der Waals surface area contributed by atoms with Gasteiger partial charge in [-0.15, -0.1) is 0 Å². The molecule has 4 unspecified atom stereocenters. The molecular formula is C53H54F3NO18. The van der Waals surface area contributed by atoms with Gasteiger partial charge in [0.1, 0.15) is 37.1 Å². The lowest BCUT2D eigenvalue weighted by Gasteiger charge is -2.51. The van der Waals surface area contributed by atoms with Gasteiger partial charge in [0.2, 0.25) is 6.29 Å². The Hall–Kier alpha value is -7.69. The molecule has 22 heteroatoms. The number of halogens is 3. The minimum atomic E-state index is -5.42. The highest BCUT2D eigenvalue weighted by molar-refractivity contribution is 5.91. The van der Waals surface area contributed by atoms with Crippen molar-refractivity contribution in [1.29, 1.82) is 0 Å². The number of hydrogen-bond donors (Lipinski definition) is 0. The van der Waals surface area contributed by atoms with E-state index in [1.54, 1.807) is 25.1 Å². The zero-order valence-corrected chi connectivity index (χ0v) is 41.4. The van der Waals surface area contributed by atoms with Crippen molar-refractivity contribution in [3.63, 3.8) is 0 Å². The van der Waals surface area contributed by atoms with Crippen LogP contribution in [0.2, 0.25) is 0 Å². The molecule has 0 N–H and O–H groups in total. The Kier molecular flexibility index (Phi) is 19.2. The molecule has 2 heterocycles. The quantitative estimate of drug-likeness (QED) is 0.0414. The van der Waals surface area contributed by atoms with Crippen LogP contribution in [0, 0.1) is 5.92 Å². The van der Waals surface area contributed by atoms with E-state index < -0.39 is 134 Å². The number of methoxy groups -OCH3 is 1. The molecule has 4 aromatic carbocycles. The number of nitrogens with zero attached hydrogens (tertiary/aromatic N) is 1. The Balaban J connectivity index is 1.62. The number of benzene rings is 4. The highest BCUT2D eigenvalue weighted by Crippen LogP contribution is 2.44. The van der Waals surface area contributed by atoms with Crippen LogP contribution in [0.3, 0.4) is 0 Å². The molecular weight excluding hydrogens is 996 g/mol. The number of hydrogen-bond acceptors (Lipinski definition) is 19. The molecule has 0 aliphatic carbocycles. The lowest BCUT2D eigenvalue weighted by molar-refractivity contribution is -0.367. The van der Waals surface area contributed by atoms with Gasteiger partial charge in [-0.1, -0.05) is 86.6 Å². The first-order valence-corrected chi connectivity index (χ1v) is 23.5. The molecule has 11 atom stereocenters. The number of carbonyl (C=O) groups is 7. The number of rotatable bonds is 18. The van der Waals surface area contributed by atoms with E-state index in [9.17, 15) is 33.6 Å². The molecule has 2 aliphatic rings. The monoisotopic (exact) mass is 1050 g/mol. The molecule has 400 valence electrons.